The maximum Gasteiger partial charge on any atom is 0.264 e. The summed E-state index contributed by atoms with van der Waals surface area (Å²) in [5.74, 6) is 0.845. The summed E-state index contributed by atoms with van der Waals surface area (Å²) >= 11 is 1.51. The molecule has 4 rings (SSSR count). The van der Waals surface area contributed by atoms with Crippen molar-refractivity contribution >= 4 is 23.2 Å². The van der Waals surface area contributed by atoms with Crippen LogP contribution in [0.15, 0.2) is 60.2 Å². The van der Waals surface area contributed by atoms with E-state index in [1.54, 1.807) is 12.4 Å². The molecule has 3 heterocycles. The summed E-state index contributed by atoms with van der Waals surface area (Å²) in [4.78, 5) is 26.2. The molecule has 2 aromatic heterocycles. The highest BCUT2D eigenvalue weighted by atomic mass is 32.1. The first-order chi connectivity index (χ1) is 12.3. The van der Waals surface area contributed by atoms with Gasteiger partial charge in [0.2, 0.25) is 5.95 Å². The van der Waals surface area contributed by atoms with Gasteiger partial charge in [0, 0.05) is 38.6 Å². The van der Waals surface area contributed by atoms with E-state index in [4.69, 9.17) is 0 Å². The second-order valence-electron chi connectivity index (χ2n) is 5.89. The Bertz CT molecular complexity index is 842. The second kappa shape index (κ2) is 7.03. The first-order valence-corrected chi connectivity index (χ1v) is 9.14. The van der Waals surface area contributed by atoms with Crippen molar-refractivity contribution in [3.8, 4) is 11.1 Å². The molecule has 5 nitrogen and oxygen atoms in total. The fourth-order valence-corrected chi connectivity index (χ4v) is 3.83. The monoisotopic (exact) mass is 350 g/mol. The summed E-state index contributed by atoms with van der Waals surface area (Å²) in [7, 11) is 0. The van der Waals surface area contributed by atoms with Crippen LogP contribution in [0.25, 0.3) is 11.1 Å². The number of anilines is 1. The standard InChI is InChI=1S/C19H18N4OS/c24-18(17-13-16(14-25-17)15-5-2-1-3-6-15)22-9-11-23(12-10-22)19-20-7-4-8-21-19/h1-8,13-14H,9-12H2. The van der Waals surface area contributed by atoms with Crippen molar-refractivity contribution in [2.75, 3.05) is 31.1 Å². The van der Waals surface area contributed by atoms with Crippen LogP contribution in [0, 0.1) is 0 Å². The zero-order valence-corrected chi connectivity index (χ0v) is 14.5. The zero-order valence-electron chi connectivity index (χ0n) is 13.7. The second-order valence-corrected chi connectivity index (χ2v) is 6.80. The topological polar surface area (TPSA) is 49.3 Å². The molecule has 0 atom stereocenters. The lowest BCUT2D eigenvalue weighted by Crippen LogP contribution is -2.49. The first kappa shape index (κ1) is 15.8. The van der Waals surface area contributed by atoms with E-state index >= 15 is 0 Å². The van der Waals surface area contributed by atoms with E-state index in [1.165, 1.54) is 11.3 Å². The van der Waals surface area contributed by atoms with Gasteiger partial charge in [0.1, 0.15) is 0 Å². The summed E-state index contributed by atoms with van der Waals surface area (Å²) in [5, 5.41) is 2.05. The van der Waals surface area contributed by atoms with Gasteiger partial charge in [-0.1, -0.05) is 30.3 Å². The summed E-state index contributed by atoms with van der Waals surface area (Å²) in [6.45, 7) is 2.89. The lowest BCUT2D eigenvalue weighted by atomic mass is 10.1. The van der Waals surface area contributed by atoms with Crippen molar-refractivity contribution in [2.24, 2.45) is 0 Å². The molecular formula is C19H18N4OS. The number of hydrogen-bond acceptors (Lipinski definition) is 5. The van der Waals surface area contributed by atoms with Gasteiger partial charge in [-0.25, -0.2) is 9.97 Å². The Labute approximate surface area is 150 Å². The number of thiophene rings is 1. The van der Waals surface area contributed by atoms with Crippen molar-refractivity contribution in [1.29, 1.82) is 0 Å². The molecule has 1 amide bonds. The summed E-state index contributed by atoms with van der Waals surface area (Å²) in [6.07, 6.45) is 3.49. The van der Waals surface area contributed by atoms with E-state index in [-0.39, 0.29) is 5.91 Å². The molecule has 0 N–H and O–H groups in total. The number of nitrogens with zero attached hydrogens (tertiary/aromatic N) is 4. The molecule has 1 aliphatic heterocycles. The fraction of sp³-hybridized carbons (Fsp3) is 0.211. The summed E-state index contributed by atoms with van der Waals surface area (Å²) < 4.78 is 0. The molecule has 25 heavy (non-hydrogen) atoms. The average Bonchev–Trinajstić information content (AvgIpc) is 3.19. The Kier molecular flexibility index (Phi) is 4.43. The van der Waals surface area contributed by atoms with Crippen molar-refractivity contribution in [2.45, 2.75) is 0 Å². The zero-order chi connectivity index (χ0) is 17.1. The van der Waals surface area contributed by atoms with Gasteiger partial charge < -0.3 is 9.80 Å². The molecule has 1 saturated heterocycles. The quantitative estimate of drug-likeness (QED) is 0.728. The van der Waals surface area contributed by atoms with Gasteiger partial charge in [-0.2, -0.15) is 0 Å². The maximum atomic E-state index is 12.8. The van der Waals surface area contributed by atoms with Gasteiger partial charge in [0.05, 0.1) is 4.88 Å². The SMILES string of the molecule is O=C(c1cc(-c2ccccc2)cs1)N1CCN(c2ncccn2)CC1. The number of carbonyl (C=O) groups excluding carboxylic acids is 1. The van der Waals surface area contributed by atoms with E-state index in [2.05, 4.69) is 32.4 Å². The Hall–Kier alpha value is -2.73. The van der Waals surface area contributed by atoms with Crippen LogP contribution in [0.3, 0.4) is 0 Å². The van der Waals surface area contributed by atoms with Gasteiger partial charge in [-0.15, -0.1) is 11.3 Å². The van der Waals surface area contributed by atoms with Crippen LogP contribution < -0.4 is 4.90 Å². The molecule has 0 aliphatic carbocycles. The summed E-state index contributed by atoms with van der Waals surface area (Å²) in [6, 6.07) is 14.0. The molecule has 0 unspecified atom stereocenters. The number of benzene rings is 1. The minimum atomic E-state index is 0.112. The summed E-state index contributed by atoms with van der Waals surface area (Å²) in [5.41, 5.74) is 2.24. The lowest BCUT2D eigenvalue weighted by molar-refractivity contribution is 0.0751. The largest absolute Gasteiger partial charge is 0.337 e. The molecule has 1 aromatic carbocycles. The molecule has 1 fully saturated rings. The Morgan fingerprint density at radius 3 is 2.36 bits per heavy atom. The van der Waals surface area contributed by atoms with Gasteiger partial charge in [0.25, 0.3) is 5.91 Å². The lowest BCUT2D eigenvalue weighted by Gasteiger charge is -2.34. The number of carbonyl (C=O) groups is 1. The molecule has 126 valence electrons. The molecule has 0 bridgehead atoms. The third-order valence-corrected chi connectivity index (χ3v) is 5.24. The van der Waals surface area contributed by atoms with E-state index in [0.29, 0.717) is 13.1 Å². The van der Waals surface area contributed by atoms with Gasteiger partial charge in [0.15, 0.2) is 0 Å². The Balaban J connectivity index is 1.42. The minimum absolute atomic E-state index is 0.112. The van der Waals surface area contributed by atoms with Crippen molar-refractivity contribution in [3.05, 3.63) is 65.1 Å². The number of hydrogen-bond donors (Lipinski definition) is 0. The Morgan fingerprint density at radius 2 is 1.64 bits per heavy atom. The molecule has 6 heteroatoms. The highest BCUT2D eigenvalue weighted by Crippen LogP contribution is 2.26. The molecule has 0 radical (unpaired) electrons. The molecule has 0 saturated carbocycles. The van der Waals surface area contributed by atoms with Crippen molar-refractivity contribution in [3.63, 3.8) is 0 Å². The minimum Gasteiger partial charge on any atom is -0.337 e. The van der Waals surface area contributed by atoms with Crippen LogP contribution in [0.5, 0.6) is 0 Å². The molecule has 0 spiro atoms. The molecule has 1 aliphatic rings. The van der Waals surface area contributed by atoms with Crippen molar-refractivity contribution in [1.82, 2.24) is 14.9 Å². The number of rotatable bonds is 3. The van der Waals surface area contributed by atoms with Crippen LogP contribution in [0.2, 0.25) is 0 Å². The van der Waals surface area contributed by atoms with Crippen LogP contribution in [-0.4, -0.2) is 47.0 Å². The predicted molar refractivity (Wildman–Crippen MR) is 99.9 cm³/mol. The van der Waals surface area contributed by atoms with E-state index in [0.717, 1.165) is 35.0 Å². The smallest absolute Gasteiger partial charge is 0.264 e. The van der Waals surface area contributed by atoms with Crippen LogP contribution in [0.4, 0.5) is 5.95 Å². The van der Waals surface area contributed by atoms with E-state index in [1.807, 2.05) is 35.2 Å². The first-order valence-electron chi connectivity index (χ1n) is 8.26. The average molecular weight is 350 g/mol. The molecule has 3 aromatic rings. The maximum absolute atomic E-state index is 12.8. The highest BCUT2D eigenvalue weighted by molar-refractivity contribution is 7.12. The number of aromatic nitrogens is 2. The third kappa shape index (κ3) is 3.39. The van der Waals surface area contributed by atoms with Crippen molar-refractivity contribution < 1.29 is 4.79 Å². The molecular weight excluding hydrogens is 332 g/mol. The van der Waals surface area contributed by atoms with Gasteiger partial charge in [-0.3, -0.25) is 4.79 Å². The van der Waals surface area contributed by atoms with Crippen LogP contribution >= 0.6 is 11.3 Å². The van der Waals surface area contributed by atoms with Gasteiger partial charge in [-0.05, 0) is 28.6 Å². The Morgan fingerprint density at radius 1 is 0.920 bits per heavy atom. The fourth-order valence-electron chi connectivity index (χ4n) is 2.95. The van der Waals surface area contributed by atoms with E-state index < -0.39 is 0 Å². The normalized spacial score (nSPS) is 14.6. The number of piperazine rings is 1. The number of amides is 1. The van der Waals surface area contributed by atoms with Gasteiger partial charge >= 0.3 is 0 Å². The van der Waals surface area contributed by atoms with Crippen LogP contribution in [0.1, 0.15) is 9.67 Å². The third-order valence-electron chi connectivity index (χ3n) is 4.32. The predicted octanol–water partition coefficient (Wildman–Crippen LogP) is 3.17. The van der Waals surface area contributed by atoms with Crippen LogP contribution in [-0.2, 0) is 0 Å². The van der Waals surface area contributed by atoms with E-state index in [9.17, 15) is 4.79 Å². The highest BCUT2D eigenvalue weighted by Gasteiger charge is 2.24.